The predicted octanol–water partition coefficient (Wildman–Crippen LogP) is 2.82. The van der Waals surface area contributed by atoms with Crippen LogP contribution in [-0.4, -0.2) is 9.61 Å². The third-order valence-corrected chi connectivity index (χ3v) is 3.00. The number of pyridine rings is 1. The number of anilines is 1. The fourth-order valence-electron chi connectivity index (χ4n) is 1.98. The van der Waals surface area contributed by atoms with Crippen LogP contribution >= 0.6 is 0 Å². The van der Waals surface area contributed by atoms with E-state index in [4.69, 9.17) is 5.26 Å². The van der Waals surface area contributed by atoms with E-state index >= 15 is 0 Å². The number of aromatic nitrogens is 2. The normalized spacial score (nSPS) is 10.3. The van der Waals surface area contributed by atoms with Crippen molar-refractivity contribution in [2.45, 2.75) is 6.54 Å². The summed E-state index contributed by atoms with van der Waals surface area (Å²) in [5.41, 5.74) is 3.91. The second-order valence-corrected chi connectivity index (χ2v) is 4.24. The highest BCUT2D eigenvalue weighted by Gasteiger charge is 2.02. The first-order chi connectivity index (χ1) is 9.36. The zero-order chi connectivity index (χ0) is 13.1. The molecule has 3 rings (SSSR count). The summed E-state index contributed by atoms with van der Waals surface area (Å²) in [6.45, 7) is 0.708. The van der Waals surface area contributed by atoms with Gasteiger partial charge in [0.25, 0.3) is 0 Å². The van der Waals surface area contributed by atoms with Gasteiger partial charge in [0, 0.05) is 24.0 Å². The number of nitriles is 1. The van der Waals surface area contributed by atoms with Gasteiger partial charge < -0.3 is 5.32 Å². The van der Waals surface area contributed by atoms with Gasteiger partial charge in [0.1, 0.15) is 0 Å². The topological polar surface area (TPSA) is 53.1 Å². The molecule has 2 aromatic heterocycles. The Balaban J connectivity index is 1.77. The number of fused-ring (bicyclic) bond motifs is 1. The van der Waals surface area contributed by atoms with E-state index in [2.05, 4.69) is 16.5 Å². The van der Waals surface area contributed by atoms with Gasteiger partial charge in [0.05, 0.1) is 23.3 Å². The van der Waals surface area contributed by atoms with Gasteiger partial charge >= 0.3 is 0 Å². The van der Waals surface area contributed by atoms with E-state index in [1.165, 1.54) is 0 Å². The highest BCUT2D eigenvalue weighted by Crippen LogP contribution is 2.14. The summed E-state index contributed by atoms with van der Waals surface area (Å²) in [6, 6.07) is 15.5. The van der Waals surface area contributed by atoms with Crippen LogP contribution in [0, 0.1) is 11.3 Å². The van der Waals surface area contributed by atoms with Crippen molar-refractivity contribution >= 4 is 11.2 Å². The van der Waals surface area contributed by atoms with Crippen LogP contribution in [0.15, 0.2) is 54.9 Å². The van der Waals surface area contributed by atoms with Crippen LogP contribution in [0.2, 0.25) is 0 Å². The zero-order valence-corrected chi connectivity index (χ0v) is 10.2. The molecule has 0 aliphatic heterocycles. The number of benzene rings is 1. The third kappa shape index (κ3) is 2.26. The molecule has 2 heterocycles. The number of nitrogens with zero attached hydrogens (tertiary/aromatic N) is 3. The van der Waals surface area contributed by atoms with Crippen molar-refractivity contribution in [2.75, 3.05) is 5.32 Å². The summed E-state index contributed by atoms with van der Waals surface area (Å²) in [5.74, 6) is 0. The molecular formula is C15H12N4. The maximum Gasteiger partial charge on any atom is 0.0991 e. The van der Waals surface area contributed by atoms with Crippen LogP contribution in [0.4, 0.5) is 5.69 Å². The largest absolute Gasteiger partial charge is 0.381 e. The first-order valence-electron chi connectivity index (χ1n) is 6.02. The zero-order valence-electron chi connectivity index (χ0n) is 10.2. The predicted molar refractivity (Wildman–Crippen MR) is 73.7 cm³/mol. The van der Waals surface area contributed by atoms with Crippen molar-refractivity contribution in [1.82, 2.24) is 9.61 Å². The lowest BCUT2D eigenvalue weighted by molar-refractivity contribution is 0.961. The average molecular weight is 248 g/mol. The Morgan fingerprint density at radius 1 is 1.16 bits per heavy atom. The Kier molecular flexibility index (Phi) is 2.87. The Morgan fingerprint density at radius 3 is 2.79 bits per heavy atom. The molecule has 3 aromatic rings. The van der Waals surface area contributed by atoms with Gasteiger partial charge in [-0.1, -0.05) is 6.07 Å². The summed E-state index contributed by atoms with van der Waals surface area (Å²) < 4.78 is 1.86. The second kappa shape index (κ2) is 4.83. The lowest BCUT2D eigenvalue weighted by Crippen LogP contribution is -1.98. The summed E-state index contributed by atoms with van der Waals surface area (Å²) in [5, 5.41) is 16.4. The molecule has 4 heteroatoms. The highest BCUT2D eigenvalue weighted by atomic mass is 15.2. The van der Waals surface area contributed by atoms with Gasteiger partial charge in [0.2, 0.25) is 0 Å². The first kappa shape index (κ1) is 11.3. The molecule has 92 valence electrons. The van der Waals surface area contributed by atoms with Crippen LogP contribution in [-0.2, 0) is 6.54 Å². The molecule has 0 aliphatic carbocycles. The Labute approximate surface area is 110 Å². The summed E-state index contributed by atoms with van der Waals surface area (Å²) in [7, 11) is 0. The molecule has 4 nitrogen and oxygen atoms in total. The van der Waals surface area contributed by atoms with E-state index in [0.717, 1.165) is 16.8 Å². The van der Waals surface area contributed by atoms with Crippen molar-refractivity contribution in [3.05, 3.63) is 66.0 Å². The first-order valence-corrected chi connectivity index (χ1v) is 6.02. The van der Waals surface area contributed by atoms with Gasteiger partial charge in [-0.15, -0.1) is 0 Å². The van der Waals surface area contributed by atoms with Crippen molar-refractivity contribution in [3.63, 3.8) is 0 Å². The second-order valence-electron chi connectivity index (χ2n) is 4.24. The minimum atomic E-state index is 0.668. The molecule has 0 atom stereocenters. The molecule has 1 aromatic carbocycles. The Hall–Kier alpha value is -2.80. The highest BCUT2D eigenvalue weighted by molar-refractivity contribution is 5.55. The van der Waals surface area contributed by atoms with E-state index in [0.29, 0.717) is 12.1 Å². The van der Waals surface area contributed by atoms with E-state index in [-0.39, 0.29) is 0 Å². The number of hydrogen-bond acceptors (Lipinski definition) is 3. The molecule has 0 unspecified atom stereocenters. The summed E-state index contributed by atoms with van der Waals surface area (Å²) in [4.78, 5) is 0. The maximum absolute atomic E-state index is 8.75. The molecule has 0 spiro atoms. The third-order valence-electron chi connectivity index (χ3n) is 3.00. The average Bonchev–Trinajstić information content (AvgIpc) is 2.89. The maximum atomic E-state index is 8.75. The van der Waals surface area contributed by atoms with Gasteiger partial charge in [-0.2, -0.15) is 10.4 Å². The lowest BCUT2D eigenvalue weighted by Gasteiger charge is -2.05. The minimum Gasteiger partial charge on any atom is -0.381 e. The van der Waals surface area contributed by atoms with Gasteiger partial charge in [0.15, 0.2) is 0 Å². The molecule has 1 N–H and O–H groups in total. The molecule has 0 bridgehead atoms. The summed E-state index contributed by atoms with van der Waals surface area (Å²) >= 11 is 0. The van der Waals surface area contributed by atoms with Crippen LogP contribution in [0.1, 0.15) is 11.1 Å². The number of nitrogens with one attached hydrogen (secondary N) is 1. The molecule has 0 saturated heterocycles. The smallest absolute Gasteiger partial charge is 0.0991 e. The molecule has 0 amide bonds. The fraction of sp³-hybridized carbons (Fsp3) is 0.0667. The van der Waals surface area contributed by atoms with Gasteiger partial charge in [-0.25, -0.2) is 4.52 Å². The molecular weight excluding hydrogens is 236 g/mol. The van der Waals surface area contributed by atoms with Crippen LogP contribution in [0.3, 0.4) is 0 Å². The lowest BCUT2D eigenvalue weighted by atomic mass is 10.2. The quantitative estimate of drug-likeness (QED) is 0.775. The van der Waals surface area contributed by atoms with Crippen molar-refractivity contribution in [2.24, 2.45) is 0 Å². The SMILES string of the molecule is N#Cc1ccc(NCc2cnn3ccccc23)cc1. The Morgan fingerprint density at radius 2 is 2.00 bits per heavy atom. The monoisotopic (exact) mass is 248 g/mol. The van der Waals surface area contributed by atoms with E-state index in [1.807, 2.05) is 47.2 Å². The van der Waals surface area contributed by atoms with Crippen molar-refractivity contribution < 1.29 is 0 Å². The Bertz CT molecular complexity index is 735. The molecule has 0 aliphatic rings. The van der Waals surface area contributed by atoms with Crippen molar-refractivity contribution in [3.8, 4) is 6.07 Å². The van der Waals surface area contributed by atoms with E-state index < -0.39 is 0 Å². The molecule has 0 fully saturated rings. The van der Waals surface area contributed by atoms with E-state index in [1.54, 1.807) is 12.1 Å². The van der Waals surface area contributed by atoms with Gasteiger partial charge in [-0.3, -0.25) is 0 Å². The molecule has 0 radical (unpaired) electrons. The fourth-order valence-corrected chi connectivity index (χ4v) is 1.98. The standard InChI is InChI=1S/C15H12N4/c16-9-12-4-6-14(7-5-12)17-10-13-11-18-19-8-2-1-3-15(13)19/h1-8,11,17H,10H2. The molecule has 19 heavy (non-hydrogen) atoms. The van der Waals surface area contributed by atoms with Crippen molar-refractivity contribution in [1.29, 1.82) is 5.26 Å². The van der Waals surface area contributed by atoms with E-state index in [9.17, 15) is 0 Å². The minimum absolute atomic E-state index is 0.668. The molecule has 0 saturated carbocycles. The summed E-state index contributed by atoms with van der Waals surface area (Å²) in [6.07, 6.45) is 3.80. The number of rotatable bonds is 3. The van der Waals surface area contributed by atoms with Crippen LogP contribution < -0.4 is 5.32 Å². The van der Waals surface area contributed by atoms with Gasteiger partial charge in [-0.05, 0) is 36.4 Å². The van der Waals surface area contributed by atoms with Crippen LogP contribution in [0.25, 0.3) is 5.52 Å². The number of hydrogen-bond donors (Lipinski definition) is 1. The van der Waals surface area contributed by atoms with Crippen LogP contribution in [0.5, 0.6) is 0 Å².